The van der Waals surface area contributed by atoms with E-state index in [-0.39, 0.29) is 18.1 Å². The molecule has 3 nitrogen and oxygen atoms in total. The maximum absolute atomic E-state index is 13.1. The molecule has 0 saturated carbocycles. The van der Waals surface area contributed by atoms with Crippen molar-refractivity contribution in [3.8, 4) is 0 Å². The van der Waals surface area contributed by atoms with Gasteiger partial charge in [-0.05, 0) is 26.0 Å². The number of halogens is 3. The number of carbonyl (C=O) groups is 1. The molecule has 0 unspecified atom stereocenters. The lowest BCUT2D eigenvalue weighted by molar-refractivity contribution is -0.137. The van der Waals surface area contributed by atoms with E-state index in [1.807, 2.05) is 0 Å². The lowest BCUT2D eigenvalue weighted by atomic mass is 9.91. The lowest BCUT2D eigenvalue weighted by Crippen LogP contribution is -2.42. The summed E-state index contributed by atoms with van der Waals surface area (Å²) in [5.74, 6) is -0.292. The molecule has 1 heterocycles. The Morgan fingerprint density at radius 1 is 1.25 bits per heavy atom. The molecule has 1 aliphatic rings. The van der Waals surface area contributed by atoms with E-state index >= 15 is 0 Å². The van der Waals surface area contributed by atoms with E-state index in [4.69, 9.17) is 0 Å². The zero-order valence-electron chi connectivity index (χ0n) is 11.4. The highest BCUT2D eigenvalue weighted by molar-refractivity contribution is 5.98. The van der Waals surface area contributed by atoms with E-state index < -0.39 is 17.2 Å². The van der Waals surface area contributed by atoms with Crippen molar-refractivity contribution in [1.82, 2.24) is 5.32 Å². The van der Waals surface area contributed by atoms with Crippen LogP contribution in [0.25, 0.3) is 0 Å². The summed E-state index contributed by atoms with van der Waals surface area (Å²) in [4.78, 5) is 13.7. The first kappa shape index (κ1) is 14.8. The molecule has 1 aliphatic heterocycles. The molecule has 1 aromatic carbocycles. The number of benzene rings is 1. The van der Waals surface area contributed by atoms with Crippen LogP contribution in [0.3, 0.4) is 0 Å². The monoisotopic (exact) mass is 286 g/mol. The van der Waals surface area contributed by atoms with Gasteiger partial charge in [0, 0.05) is 19.6 Å². The summed E-state index contributed by atoms with van der Waals surface area (Å²) in [6.45, 7) is 4.63. The fraction of sp³-hybridized carbons (Fsp3) is 0.500. The largest absolute Gasteiger partial charge is 0.418 e. The lowest BCUT2D eigenvalue weighted by Gasteiger charge is -2.30. The van der Waals surface area contributed by atoms with Crippen LogP contribution in [-0.2, 0) is 11.0 Å². The van der Waals surface area contributed by atoms with Gasteiger partial charge in [-0.2, -0.15) is 13.2 Å². The summed E-state index contributed by atoms with van der Waals surface area (Å²) in [5.41, 5.74) is -1.57. The van der Waals surface area contributed by atoms with Gasteiger partial charge in [0.1, 0.15) is 0 Å². The van der Waals surface area contributed by atoms with Crippen molar-refractivity contribution in [3.05, 3.63) is 29.8 Å². The summed E-state index contributed by atoms with van der Waals surface area (Å²) in [7, 11) is 0. The number of anilines is 1. The molecule has 1 N–H and O–H groups in total. The van der Waals surface area contributed by atoms with Crippen LogP contribution < -0.4 is 10.2 Å². The zero-order valence-corrected chi connectivity index (χ0v) is 11.4. The van der Waals surface area contributed by atoms with Crippen LogP contribution in [-0.4, -0.2) is 25.5 Å². The Kier molecular flexibility index (Phi) is 3.77. The normalized spacial score (nSPS) is 19.9. The Morgan fingerprint density at radius 2 is 1.90 bits per heavy atom. The van der Waals surface area contributed by atoms with Crippen molar-refractivity contribution in [2.24, 2.45) is 5.41 Å². The number of hydrogen-bond acceptors (Lipinski definition) is 2. The highest BCUT2D eigenvalue weighted by Gasteiger charge is 2.39. The molecular weight excluding hydrogens is 269 g/mol. The van der Waals surface area contributed by atoms with Crippen LogP contribution in [0, 0.1) is 5.41 Å². The second kappa shape index (κ2) is 5.09. The van der Waals surface area contributed by atoms with Gasteiger partial charge in [0.15, 0.2) is 0 Å². The number of para-hydroxylation sites is 1. The number of nitrogens with one attached hydrogen (secondary N) is 1. The van der Waals surface area contributed by atoms with Gasteiger partial charge in [-0.15, -0.1) is 0 Å². The quantitative estimate of drug-likeness (QED) is 0.861. The SMILES string of the molecule is CC1(C)CNCCN(c2ccccc2C(F)(F)F)C1=O. The molecule has 0 aromatic heterocycles. The van der Waals surface area contributed by atoms with Crippen molar-refractivity contribution in [1.29, 1.82) is 0 Å². The predicted octanol–water partition coefficient (Wildman–Crippen LogP) is 2.67. The standard InChI is InChI=1S/C14H17F3N2O/c1-13(2)9-18-7-8-19(12(13)20)11-6-4-3-5-10(11)14(15,16)17/h3-6,18H,7-9H2,1-2H3. The first-order valence-corrected chi connectivity index (χ1v) is 6.42. The Morgan fingerprint density at radius 3 is 2.55 bits per heavy atom. The smallest absolute Gasteiger partial charge is 0.314 e. The second-order valence-corrected chi connectivity index (χ2v) is 5.53. The number of alkyl halides is 3. The van der Waals surface area contributed by atoms with Gasteiger partial charge in [0.25, 0.3) is 0 Å². The molecule has 1 amide bonds. The molecule has 1 aromatic rings. The van der Waals surface area contributed by atoms with E-state index in [1.54, 1.807) is 13.8 Å². The minimum atomic E-state index is -4.47. The molecule has 0 atom stereocenters. The highest BCUT2D eigenvalue weighted by Crippen LogP contribution is 2.37. The summed E-state index contributed by atoms with van der Waals surface area (Å²) >= 11 is 0. The molecule has 1 saturated heterocycles. The van der Waals surface area contributed by atoms with Crippen molar-refractivity contribution in [3.63, 3.8) is 0 Å². The molecule has 1 fully saturated rings. The van der Waals surface area contributed by atoms with Gasteiger partial charge in [0.05, 0.1) is 16.7 Å². The van der Waals surface area contributed by atoms with Crippen LogP contribution in [0.2, 0.25) is 0 Å². The molecule has 0 aliphatic carbocycles. The third-order valence-corrected chi connectivity index (χ3v) is 3.40. The Bertz CT molecular complexity index is 511. The van der Waals surface area contributed by atoms with Crippen molar-refractivity contribution < 1.29 is 18.0 Å². The van der Waals surface area contributed by atoms with E-state index in [0.717, 1.165) is 6.07 Å². The van der Waals surface area contributed by atoms with Crippen LogP contribution in [0.15, 0.2) is 24.3 Å². The number of rotatable bonds is 1. The minimum absolute atomic E-state index is 0.0678. The van der Waals surface area contributed by atoms with Crippen LogP contribution in [0.1, 0.15) is 19.4 Å². The molecule has 2 rings (SSSR count). The summed E-state index contributed by atoms with van der Waals surface area (Å²) in [6, 6.07) is 5.21. The van der Waals surface area contributed by atoms with Crippen molar-refractivity contribution >= 4 is 11.6 Å². The second-order valence-electron chi connectivity index (χ2n) is 5.53. The van der Waals surface area contributed by atoms with E-state index in [1.165, 1.54) is 23.1 Å². The fourth-order valence-electron chi connectivity index (χ4n) is 2.31. The average Bonchev–Trinajstić information content (AvgIpc) is 2.49. The molecule has 20 heavy (non-hydrogen) atoms. The topological polar surface area (TPSA) is 32.3 Å². The molecule has 0 spiro atoms. The highest BCUT2D eigenvalue weighted by atomic mass is 19.4. The third-order valence-electron chi connectivity index (χ3n) is 3.40. The van der Waals surface area contributed by atoms with E-state index in [0.29, 0.717) is 13.1 Å². The van der Waals surface area contributed by atoms with Gasteiger partial charge in [0.2, 0.25) is 5.91 Å². The maximum Gasteiger partial charge on any atom is 0.418 e. The van der Waals surface area contributed by atoms with Gasteiger partial charge >= 0.3 is 6.18 Å². The molecule has 110 valence electrons. The average molecular weight is 286 g/mol. The minimum Gasteiger partial charge on any atom is -0.314 e. The van der Waals surface area contributed by atoms with Gasteiger partial charge < -0.3 is 10.2 Å². The van der Waals surface area contributed by atoms with Crippen molar-refractivity contribution in [2.45, 2.75) is 20.0 Å². The van der Waals surface area contributed by atoms with Crippen LogP contribution in [0.4, 0.5) is 18.9 Å². The van der Waals surface area contributed by atoms with Gasteiger partial charge in [-0.1, -0.05) is 12.1 Å². The molecule has 0 radical (unpaired) electrons. The number of amides is 1. The summed E-state index contributed by atoms with van der Waals surface area (Å²) in [6.07, 6.45) is -4.47. The summed E-state index contributed by atoms with van der Waals surface area (Å²) < 4.78 is 39.2. The van der Waals surface area contributed by atoms with Crippen LogP contribution in [0.5, 0.6) is 0 Å². The Balaban J connectivity index is 2.47. The Hall–Kier alpha value is -1.56. The first-order valence-electron chi connectivity index (χ1n) is 6.42. The van der Waals surface area contributed by atoms with E-state index in [9.17, 15) is 18.0 Å². The number of carbonyl (C=O) groups excluding carboxylic acids is 1. The predicted molar refractivity (Wildman–Crippen MR) is 70.4 cm³/mol. The molecular formula is C14H17F3N2O. The molecule has 6 heteroatoms. The molecule has 0 bridgehead atoms. The van der Waals surface area contributed by atoms with Gasteiger partial charge in [-0.3, -0.25) is 4.79 Å². The number of nitrogens with zero attached hydrogens (tertiary/aromatic N) is 1. The first-order chi connectivity index (χ1) is 9.23. The maximum atomic E-state index is 13.1. The number of hydrogen-bond donors (Lipinski definition) is 1. The zero-order chi connectivity index (χ0) is 15.0. The van der Waals surface area contributed by atoms with E-state index in [2.05, 4.69) is 5.32 Å². The Labute approximate surface area is 115 Å². The van der Waals surface area contributed by atoms with Crippen molar-refractivity contribution in [2.75, 3.05) is 24.5 Å². The van der Waals surface area contributed by atoms with Gasteiger partial charge in [-0.25, -0.2) is 0 Å². The van der Waals surface area contributed by atoms with Crippen LogP contribution >= 0.6 is 0 Å². The third kappa shape index (κ3) is 2.80. The fourth-order valence-corrected chi connectivity index (χ4v) is 2.31. The summed E-state index contributed by atoms with van der Waals surface area (Å²) in [5, 5.41) is 3.08.